The van der Waals surface area contributed by atoms with Gasteiger partial charge in [-0.2, -0.15) is 0 Å². The number of rotatable bonds is 10. The Bertz CT molecular complexity index is 926. The number of anilines is 1. The van der Waals surface area contributed by atoms with Crippen molar-refractivity contribution in [3.63, 3.8) is 0 Å². The maximum atomic E-state index is 4.82. The molecule has 0 bridgehead atoms. The van der Waals surface area contributed by atoms with Gasteiger partial charge in [-0.3, -0.25) is 9.98 Å². The summed E-state index contributed by atoms with van der Waals surface area (Å²) in [6.07, 6.45) is 19.9. The van der Waals surface area contributed by atoms with E-state index in [4.69, 9.17) is 4.98 Å². The molecule has 1 aliphatic carbocycles. The number of pyridine rings is 2. The van der Waals surface area contributed by atoms with Crippen LogP contribution in [0.25, 0.3) is 17.1 Å². The van der Waals surface area contributed by atoms with Gasteiger partial charge < -0.3 is 5.32 Å². The molecule has 31 heavy (non-hydrogen) atoms. The van der Waals surface area contributed by atoms with E-state index in [1.54, 1.807) is 11.8 Å². The fourth-order valence-electron chi connectivity index (χ4n) is 3.97. The van der Waals surface area contributed by atoms with Gasteiger partial charge in [0, 0.05) is 19.2 Å². The molecule has 1 N–H and O–H groups in total. The van der Waals surface area contributed by atoms with Crippen molar-refractivity contribution in [2.24, 2.45) is 10.9 Å². The maximum absolute atomic E-state index is 4.82. The van der Waals surface area contributed by atoms with Gasteiger partial charge in [0.1, 0.15) is 5.82 Å². The molecule has 166 valence electrons. The highest BCUT2D eigenvalue weighted by Gasteiger charge is 2.22. The lowest BCUT2D eigenvalue weighted by atomic mass is 10.1. The second kappa shape index (κ2) is 12.7. The number of aromatic nitrogens is 2. The molecule has 2 aromatic rings. The summed E-state index contributed by atoms with van der Waals surface area (Å²) in [5.41, 5.74) is 2.94. The summed E-state index contributed by atoms with van der Waals surface area (Å²) in [5.74, 6) is 1.45. The first-order valence-corrected chi connectivity index (χ1v) is 12.6. The van der Waals surface area contributed by atoms with Gasteiger partial charge in [-0.05, 0) is 56.4 Å². The first kappa shape index (κ1) is 23.5. The minimum absolute atomic E-state index is 0.608. The van der Waals surface area contributed by atoms with Crippen molar-refractivity contribution in [1.82, 2.24) is 9.97 Å². The number of aliphatic imine (C=N–C) groups is 1. The topological polar surface area (TPSA) is 50.2 Å². The molecule has 0 radical (unpaired) electrons. The molecule has 0 aliphatic heterocycles. The van der Waals surface area contributed by atoms with Crippen molar-refractivity contribution in [2.45, 2.75) is 71.6 Å². The quantitative estimate of drug-likeness (QED) is 0.234. The molecule has 2 aromatic heterocycles. The van der Waals surface area contributed by atoms with Crippen molar-refractivity contribution in [2.75, 3.05) is 12.4 Å². The molecule has 1 fully saturated rings. The van der Waals surface area contributed by atoms with E-state index in [1.807, 2.05) is 25.4 Å². The third kappa shape index (κ3) is 7.20. The Morgan fingerprint density at radius 1 is 1.19 bits per heavy atom. The highest BCUT2D eigenvalue weighted by Crippen LogP contribution is 2.33. The van der Waals surface area contributed by atoms with Crippen LogP contribution in [0, 0.1) is 5.92 Å². The fraction of sp³-hybridized carbons (Fsp3) is 0.500. The Morgan fingerprint density at radius 3 is 2.77 bits per heavy atom. The maximum Gasteiger partial charge on any atom is 0.131 e. The Labute approximate surface area is 191 Å². The molecule has 4 nitrogen and oxygen atoms in total. The highest BCUT2D eigenvalue weighted by molar-refractivity contribution is 8.17. The van der Waals surface area contributed by atoms with E-state index < -0.39 is 0 Å². The first-order valence-electron chi connectivity index (χ1n) is 11.7. The minimum atomic E-state index is 0.608. The lowest BCUT2D eigenvalue weighted by Gasteiger charge is -2.15. The number of allylic oxidation sites excluding steroid dienone is 2. The standard InChI is InChI=1S/C26H36N4S/c1-4-6-7-8-9-10-13-20-18-23-22(28-19-20)16-17-24(29-23)30-25(5-2)31-26(27-3)21-14-11-12-15-21/h5,10,13,16-19,21H,4,6-9,11-12,14-15H2,1-3H3,(H,29,30)/b13-10-,25-5-,27-26?. The number of nitrogens with one attached hydrogen (secondary N) is 1. The Balaban J connectivity index is 1.65. The fourth-order valence-corrected chi connectivity index (χ4v) is 4.96. The summed E-state index contributed by atoms with van der Waals surface area (Å²) < 4.78 is 0. The largest absolute Gasteiger partial charge is 0.335 e. The number of fused-ring (bicyclic) bond motifs is 1. The van der Waals surface area contributed by atoms with Crippen LogP contribution in [-0.4, -0.2) is 22.1 Å². The van der Waals surface area contributed by atoms with Gasteiger partial charge in [-0.25, -0.2) is 4.98 Å². The Hall–Kier alpha value is -2.14. The van der Waals surface area contributed by atoms with Crippen LogP contribution in [0.2, 0.25) is 0 Å². The lowest BCUT2D eigenvalue weighted by molar-refractivity contribution is 0.675. The second-order valence-corrected chi connectivity index (χ2v) is 9.24. The van der Waals surface area contributed by atoms with Crippen LogP contribution in [0.15, 0.2) is 46.6 Å². The van der Waals surface area contributed by atoms with E-state index in [1.165, 1.54) is 56.4 Å². The van der Waals surface area contributed by atoms with E-state index >= 15 is 0 Å². The second-order valence-electron chi connectivity index (χ2n) is 8.18. The number of hydrogen-bond donors (Lipinski definition) is 1. The number of hydrogen-bond acceptors (Lipinski definition) is 5. The molecule has 0 saturated heterocycles. The third-order valence-corrected chi connectivity index (χ3v) is 7.03. The highest BCUT2D eigenvalue weighted by atomic mass is 32.2. The molecule has 0 aromatic carbocycles. The van der Waals surface area contributed by atoms with Crippen molar-refractivity contribution in [3.8, 4) is 0 Å². The van der Waals surface area contributed by atoms with E-state index in [9.17, 15) is 0 Å². The summed E-state index contributed by atoms with van der Waals surface area (Å²) in [5, 5.41) is 5.79. The minimum Gasteiger partial charge on any atom is -0.335 e. The van der Waals surface area contributed by atoms with Crippen LogP contribution in [0.4, 0.5) is 5.82 Å². The predicted molar refractivity (Wildman–Crippen MR) is 138 cm³/mol. The third-order valence-electron chi connectivity index (χ3n) is 5.75. The normalized spacial score (nSPS) is 16.0. The molecular formula is C26H36N4S. The van der Waals surface area contributed by atoms with E-state index in [0.717, 1.165) is 33.9 Å². The molecule has 0 spiro atoms. The Kier molecular flexibility index (Phi) is 9.60. The van der Waals surface area contributed by atoms with Gasteiger partial charge in [0.25, 0.3) is 0 Å². The zero-order chi connectivity index (χ0) is 21.9. The molecule has 1 saturated carbocycles. The monoisotopic (exact) mass is 436 g/mol. The van der Waals surface area contributed by atoms with Crippen molar-refractivity contribution in [1.29, 1.82) is 0 Å². The first-order chi connectivity index (χ1) is 15.2. The van der Waals surface area contributed by atoms with Gasteiger partial charge in [-0.1, -0.05) is 69.0 Å². The zero-order valence-electron chi connectivity index (χ0n) is 19.2. The van der Waals surface area contributed by atoms with Crippen LogP contribution in [0.3, 0.4) is 0 Å². The van der Waals surface area contributed by atoms with E-state index in [2.05, 4.69) is 53.4 Å². The van der Waals surface area contributed by atoms with Crippen LogP contribution in [-0.2, 0) is 0 Å². The molecule has 0 unspecified atom stereocenters. The number of thioether (sulfide) groups is 1. The zero-order valence-corrected chi connectivity index (χ0v) is 20.0. The average molecular weight is 437 g/mol. The summed E-state index contributed by atoms with van der Waals surface area (Å²) in [6, 6.07) is 6.16. The predicted octanol–water partition coefficient (Wildman–Crippen LogP) is 7.84. The van der Waals surface area contributed by atoms with Crippen LogP contribution in [0.1, 0.15) is 77.2 Å². The summed E-state index contributed by atoms with van der Waals surface area (Å²) >= 11 is 1.74. The smallest absolute Gasteiger partial charge is 0.131 e. The average Bonchev–Trinajstić information content (AvgIpc) is 3.33. The molecule has 0 atom stereocenters. The van der Waals surface area contributed by atoms with Gasteiger partial charge in [0.15, 0.2) is 0 Å². The summed E-state index contributed by atoms with van der Waals surface area (Å²) in [4.78, 5) is 14.0. The summed E-state index contributed by atoms with van der Waals surface area (Å²) in [6.45, 7) is 4.31. The molecular weight excluding hydrogens is 400 g/mol. The number of nitrogens with zero attached hydrogens (tertiary/aromatic N) is 3. The van der Waals surface area contributed by atoms with Crippen molar-refractivity contribution in [3.05, 3.63) is 47.1 Å². The molecule has 3 rings (SSSR count). The van der Waals surface area contributed by atoms with Gasteiger partial charge in [-0.15, -0.1) is 0 Å². The lowest BCUT2D eigenvalue weighted by Crippen LogP contribution is -2.10. The van der Waals surface area contributed by atoms with Gasteiger partial charge >= 0.3 is 0 Å². The van der Waals surface area contributed by atoms with Gasteiger partial charge in [0.2, 0.25) is 0 Å². The van der Waals surface area contributed by atoms with E-state index in [-0.39, 0.29) is 0 Å². The molecule has 1 aliphatic rings. The van der Waals surface area contributed by atoms with Crippen LogP contribution >= 0.6 is 11.8 Å². The summed E-state index contributed by atoms with van der Waals surface area (Å²) in [7, 11) is 1.91. The SMILES string of the molecule is C/C=C(/Nc1ccc2ncc(/C=C\CCCCCC)cc2n1)SC(=NC)C1CCCC1. The molecule has 2 heterocycles. The Morgan fingerprint density at radius 2 is 2.03 bits per heavy atom. The van der Waals surface area contributed by atoms with Crippen molar-refractivity contribution >= 4 is 39.7 Å². The molecule has 0 amide bonds. The van der Waals surface area contributed by atoms with Crippen molar-refractivity contribution < 1.29 is 0 Å². The van der Waals surface area contributed by atoms with E-state index in [0.29, 0.717) is 5.92 Å². The van der Waals surface area contributed by atoms with Gasteiger partial charge in [0.05, 0.1) is 21.1 Å². The molecule has 5 heteroatoms. The number of unbranched alkanes of at least 4 members (excludes halogenated alkanes) is 4. The van der Waals surface area contributed by atoms with Crippen LogP contribution < -0.4 is 5.32 Å². The van der Waals surface area contributed by atoms with Crippen LogP contribution in [0.5, 0.6) is 0 Å².